The lowest BCUT2D eigenvalue weighted by atomic mass is 10.1. The number of halogens is 2. The Bertz CT molecular complexity index is 857. The van der Waals surface area contributed by atoms with Gasteiger partial charge in [0.1, 0.15) is 5.75 Å². The lowest BCUT2D eigenvalue weighted by Crippen LogP contribution is -2.48. The maximum Gasteiger partial charge on any atom is 0.226 e. The van der Waals surface area contributed by atoms with Crippen LogP contribution in [0, 0.1) is 11.3 Å². The van der Waals surface area contributed by atoms with E-state index in [-0.39, 0.29) is 5.91 Å². The number of hydrogen-bond donors (Lipinski definition) is 0. The van der Waals surface area contributed by atoms with Crippen LogP contribution in [0.5, 0.6) is 5.75 Å². The zero-order valence-corrected chi connectivity index (χ0v) is 16.9. The quantitative estimate of drug-likeness (QED) is 0.712. The van der Waals surface area contributed by atoms with Crippen molar-refractivity contribution >= 4 is 29.1 Å². The highest BCUT2D eigenvalue weighted by atomic mass is 35.5. The van der Waals surface area contributed by atoms with Gasteiger partial charge in [0.2, 0.25) is 5.91 Å². The van der Waals surface area contributed by atoms with Gasteiger partial charge >= 0.3 is 0 Å². The first-order chi connectivity index (χ1) is 13.5. The van der Waals surface area contributed by atoms with Crippen LogP contribution in [-0.4, -0.2) is 48.5 Å². The van der Waals surface area contributed by atoms with Crippen LogP contribution in [0.25, 0.3) is 0 Å². The van der Waals surface area contributed by atoms with Gasteiger partial charge in [-0.25, -0.2) is 0 Å². The van der Waals surface area contributed by atoms with Crippen molar-refractivity contribution in [3.63, 3.8) is 0 Å². The summed E-state index contributed by atoms with van der Waals surface area (Å²) in [7, 11) is 0. The molecule has 0 N–H and O–H groups in total. The van der Waals surface area contributed by atoms with Crippen LogP contribution >= 0.6 is 23.2 Å². The van der Waals surface area contributed by atoms with E-state index in [1.807, 2.05) is 29.2 Å². The van der Waals surface area contributed by atoms with Crippen LogP contribution < -0.4 is 4.74 Å². The zero-order chi connectivity index (χ0) is 19.9. The molecule has 5 nitrogen and oxygen atoms in total. The molecule has 3 rings (SSSR count). The number of rotatable bonds is 6. The minimum Gasteiger partial charge on any atom is -0.493 e. The van der Waals surface area contributed by atoms with Crippen LogP contribution in [0.15, 0.2) is 42.5 Å². The first-order valence-corrected chi connectivity index (χ1v) is 9.88. The van der Waals surface area contributed by atoms with Gasteiger partial charge in [-0.3, -0.25) is 9.69 Å². The lowest BCUT2D eigenvalue weighted by molar-refractivity contribution is -0.133. The summed E-state index contributed by atoms with van der Waals surface area (Å²) in [6.07, 6.45) is 0.329. The van der Waals surface area contributed by atoms with E-state index in [0.717, 1.165) is 19.6 Å². The zero-order valence-electron chi connectivity index (χ0n) is 15.4. The molecule has 0 aliphatic carbocycles. The molecule has 0 bridgehead atoms. The Labute approximate surface area is 175 Å². The van der Waals surface area contributed by atoms with Crippen LogP contribution in [0.2, 0.25) is 10.0 Å². The topological polar surface area (TPSA) is 56.6 Å². The molecule has 0 aromatic heterocycles. The van der Waals surface area contributed by atoms with E-state index in [9.17, 15) is 4.79 Å². The minimum atomic E-state index is 0.0954. The Morgan fingerprint density at radius 3 is 2.39 bits per heavy atom. The van der Waals surface area contributed by atoms with Crippen LogP contribution in [0.3, 0.4) is 0 Å². The van der Waals surface area contributed by atoms with Crippen molar-refractivity contribution in [3.8, 4) is 11.8 Å². The number of ether oxygens (including phenoxy) is 1. The molecule has 1 amide bonds. The van der Waals surface area contributed by atoms with E-state index in [2.05, 4.69) is 11.0 Å². The van der Waals surface area contributed by atoms with Crippen LogP contribution in [-0.2, 0) is 11.3 Å². The van der Waals surface area contributed by atoms with Gasteiger partial charge in [-0.05, 0) is 29.8 Å². The predicted octanol–water partition coefficient (Wildman–Crippen LogP) is 3.98. The summed E-state index contributed by atoms with van der Waals surface area (Å²) in [5, 5.41) is 9.77. The summed E-state index contributed by atoms with van der Waals surface area (Å²) in [5.41, 5.74) is 1.84. The van der Waals surface area contributed by atoms with Gasteiger partial charge in [0.05, 0.1) is 34.7 Å². The molecule has 0 spiro atoms. The molecule has 2 aromatic carbocycles. The van der Waals surface area contributed by atoms with Gasteiger partial charge < -0.3 is 9.64 Å². The maximum absolute atomic E-state index is 12.4. The second kappa shape index (κ2) is 9.79. The number of carbonyl (C=O) groups is 1. The Morgan fingerprint density at radius 2 is 1.75 bits per heavy atom. The van der Waals surface area contributed by atoms with Gasteiger partial charge in [-0.2, -0.15) is 5.26 Å². The van der Waals surface area contributed by atoms with Gasteiger partial charge in [0.25, 0.3) is 0 Å². The molecular formula is C21H21Cl2N3O2. The molecular weight excluding hydrogens is 397 g/mol. The molecule has 0 saturated carbocycles. The SMILES string of the molecule is N#Cc1ccc(CN2CCN(C(=O)CCOc3ccc(Cl)c(Cl)c3)CC2)cc1. The third-order valence-corrected chi connectivity index (χ3v) is 5.43. The number of nitriles is 1. The standard InChI is InChI=1S/C21H21Cl2N3O2/c22-19-6-5-18(13-20(19)23)28-12-7-21(27)26-10-8-25(9-11-26)15-17-3-1-16(14-24)2-4-17/h1-6,13H,7-12,15H2. The summed E-state index contributed by atoms with van der Waals surface area (Å²) in [6, 6.07) is 14.8. The molecule has 7 heteroatoms. The van der Waals surface area contributed by atoms with Crippen molar-refractivity contribution in [2.75, 3.05) is 32.8 Å². The molecule has 0 unspecified atom stereocenters. The molecule has 1 heterocycles. The van der Waals surface area contributed by atoms with Crippen molar-refractivity contribution in [1.29, 1.82) is 5.26 Å². The van der Waals surface area contributed by atoms with Crippen molar-refractivity contribution in [1.82, 2.24) is 9.80 Å². The molecule has 0 radical (unpaired) electrons. The smallest absolute Gasteiger partial charge is 0.226 e. The monoisotopic (exact) mass is 417 g/mol. The van der Waals surface area contributed by atoms with E-state index in [1.165, 1.54) is 5.56 Å². The molecule has 1 saturated heterocycles. The van der Waals surface area contributed by atoms with Crippen molar-refractivity contribution < 1.29 is 9.53 Å². The number of amides is 1. The summed E-state index contributed by atoms with van der Waals surface area (Å²) < 4.78 is 5.60. The molecule has 2 aromatic rings. The molecule has 1 aliphatic rings. The summed E-state index contributed by atoms with van der Waals surface area (Å²) in [4.78, 5) is 16.6. The first-order valence-electron chi connectivity index (χ1n) is 9.12. The fourth-order valence-corrected chi connectivity index (χ4v) is 3.37. The number of piperazine rings is 1. The van der Waals surface area contributed by atoms with Crippen LogP contribution in [0.1, 0.15) is 17.5 Å². The molecule has 1 aliphatic heterocycles. The van der Waals surface area contributed by atoms with Crippen LogP contribution in [0.4, 0.5) is 0 Å². The highest BCUT2D eigenvalue weighted by molar-refractivity contribution is 6.42. The number of benzene rings is 2. The fourth-order valence-electron chi connectivity index (χ4n) is 3.08. The Kier molecular flexibility index (Phi) is 7.16. The average Bonchev–Trinajstić information content (AvgIpc) is 2.71. The maximum atomic E-state index is 12.4. The van der Waals surface area contributed by atoms with Crippen molar-refractivity contribution in [2.45, 2.75) is 13.0 Å². The number of hydrogen-bond acceptors (Lipinski definition) is 4. The summed E-state index contributed by atoms with van der Waals surface area (Å²) in [6.45, 7) is 4.22. The normalized spacial score (nSPS) is 14.5. The molecule has 1 fully saturated rings. The van der Waals surface area contributed by atoms with Crippen molar-refractivity contribution in [3.05, 3.63) is 63.6 Å². The van der Waals surface area contributed by atoms with Gasteiger partial charge in [0, 0.05) is 38.8 Å². The molecule has 146 valence electrons. The fraction of sp³-hybridized carbons (Fsp3) is 0.333. The number of carbonyl (C=O) groups excluding carboxylic acids is 1. The van der Waals surface area contributed by atoms with Gasteiger partial charge in [-0.15, -0.1) is 0 Å². The Balaban J connectivity index is 1.39. The third kappa shape index (κ3) is 5.62. The van der Waals surface area contributed by atoms with E-state index < -0.39 is 0 Å². The first kappa shape index (κ1) is 20.5. The third-order valence-electron chi connectivity index (χ3n) is 4.69. The largest absolute Gasteiger partial charge is 0.493 e. The lowest BCUT2D eigenvalue weighted by Gasteiger charge is -2.34. The minimum absolute atomic E-state index is 0.0954. The van der Waals surface area contributed by atoms with E-state index >= 15 is 0 Å². The Morgan fingerprint density at radius 1 is 1.04 bits per heavy atom. The van der Waals surface area contributed by atoms with E-state index in [1.54, 1.807) is 18.2 Å². The van der Waals surface area contributed by atoms with Gasteiger partial charge in [-0.1, -0.05) is 35.3 Å². The summed E-state index contributed by atoms with van der Waals surface area (Å²) >= 11 is 11.8. The Hall–Kier alpha value is -2.26. The summed E-state index contributed by atoms with van der Waals surface area (Å²) in [5.74, 6) is 0.701. The predicted molar refractivity (Wildman–Crippen MR) is 110 cm³/mol. The molecule has 28 heavy (non-hydrogen) atoms. The average molecular weight is 418 g/mol. The van der Waals surface area contributed by atoms with E-state index in [4.69, 9.17) is 33.2 Å². The highest BCUT2D eigenvalue weighted by Gasteiger charge is 2.21. The number of nitrogens with zero attached hydrogens (tertiary/aromatic N) is 3. The molecule has 0 atom stereocenters. The van der Waals surface area contributed by atoms with E-state index in [0.29, 0.717) is 47.5 Å². The highest BCUT2D eigenvalue weighted by Crippen LogP contribution is 2.26. The second-order valence-electron chi connectivity index (χ2n) is 6.64. The second-order valence-corrected chi connectivity index (χ2v) is 7.45. The van der Waals surface area contributed by atoms with Crippen molar-refractivity contribution in [2.24, 2.45) is 0 Å². The van der Waals surface area contributed by atoms with Gasteiger partial charge in [0.15, 0.2) is 0 Å².